The molecule has 3 rings (SSSR count). The third kappa shape index (κ3) is 4.31. The Labute approximate surface area is 177 Å². The second kappa shape index (κ2) is 9.26. The van der Waals surface area contributed by atoms with Crippen LogP contribution in [0.4, 0.5) is 0 Å². The number of Topliss-reactive ketones (excluding diaryl/α,β-unsaturated/α-hetero) is 1. The normalized spacial score (nSPS) is 15.7. The molecule has 0 unspecified atom stereocenters. The number of hydrogen-bond acceptors (Lipinski definition) is 5. The van der Waals surface area contributed by atoms with E-state index >= 15 is 0 Å². The van der Waals surface area contributed by atoms with Crippen LogP contribution < -0.4 is 0 Å². The molecule has 1 aliphatic heterocycles. The number of ketones is 1. The first-order chi connectivity index (χ1) is 14.3. The second-order valence-electron chi connectivity index (χ2n) is 7.58. The van der Waals surface area contributed by atoms with Crippen molar-refractivity contribution in [3.8, 4) is 0 Å². The lowest BCUT2D eigenvalue weighted by Crippen LogP contribution is -2.53. The fourth-order valence-electron chi connectivity index (χ4n) is 3.96. The molecule has 1 aromatic carbocycles. The summed E-state index contributed by atoms with van der Waals surface area (Å²) >= 11 is 0. The first kappa shape index (κ1) is 21.8. The predicted molar refractivity (Wildman–Crippen MR) is 114 cm³/mol. The largest absolute Gasteiger partial charge is 0.462 e. The fraction of sp³-hybridized carbons (Fsp3) is 0.435. The van der Waals surface area contributed by atoms with Gasteiger partial charge in [-0.2, -0.15) is 0 Å². The smallest absolute Gasteiger partial charge is 0.340 e. The minimum Gasteiger partial charge on any atom is -0.462 e. The van der Waals surface area contributed by atoms with Gasteiger partial charge in [-0.3, -0.25) is 14.5 Å². The Morgan fingerprint density at radius 2 is 1.70 bits per heavy atom. The van der Waals surface area contributed by atoms with E-state index in [-0.39, 0.29) is 24.3 Å². The Hall–Kier alpha value is -2.93. The Morgan fingerprint density at radius 3 is 2.30 bits per heavy atom. The van der Waals surface area contributed by atoms with Crippen molar-refractivity contribution in [2.24, 2.45) is 0 Å². The van der Waals surface area contributed by atoms with Crippen molar-refractivity contribution >= 4 is 17.7 Å². The van der Waals surface area contributed by atoms with Gasteiger partial charge in [-0.05, 0) is 45.4 Å². The number of rotatable bonds is 6. The Morgan fingerprint density at radius 1 is 1.07 bits per heavy atom. The number of carbonyl (C=O) groups excluding carboxylic acids is 3. The molecule has 1 aromatic heterocycles. The highest BCUT2D eigenvalue weighted by molar-refractivity contribution is 6.03. The maximum absolute atomic E-state index is 13.1. The number of aromatic nitrogens is 1. The molecule has 160 valence electrons. The maximum Gasteiger partial charge on any atom is 0.340 e. The molecular formula is C23H29N3O4. The van der Waals surface area contributed by atoms with Crippen molar-refractivity contribution in [1.29, 1.82) is 0 Å². The molecule has 0 aliphatic carbocycles. The van der Waals surface area contributed by atoms with Gasteiger partial charge in [0.05, 0.1) is 23.9 Å². The first-order valence-electron chi connectivity index (χ1n) is 10.3. The number of hydrogen-bond donors (Lipinski definition) is 1. The monoisotopic (exact) mass is 411 g/mol. The zero-order chi connectivity index (χ0) is 21.8. The molecule has 2 heterocycles. The molecule has 30 heavy (non-hydrogen) atoms. The van der Waals surface area contributed by atoms with Gasteiger partial charge in [0, 0.05) is 37.4 Å². The van der Waals surface area contributed by atoms with E-state index in [4.69, 9.17) is 4.74 Å². The average molecular weight is 412 g/mol. The number of aromatic amines is 1. The first-order valence-corrected chi connectivity index (χ1v) is 10.3. The van der Waals surface area contributed by atoms with E-state index in [9.17, 15) is 14.4 Å². The average Bonchev–Trinajstić information content (AvgIpc) is 3.07. The van der Waals surface area contributed by atoms with Gasteiger partial charge in [-0.1, -0.05) is 18.2 Å². The quantitative estimate of drug-likeness (QED) is 0.584. The number of nitrogens with zero attached hydrogens (tertiary/aromatic N) is 2. The van der Waals surface area contributed by atoms with Crippen LogP contribution in [0.1, 0.15) is 56.3 Å². The van der Waals surface area contributed by atoms with Gasteiger partial charge < -0.3 is 14.6 Å². The fourth-order valence-corrected chi connectivity index (χ4v) is 3.96. The summed E-state index contributed by atoms with van der Waals surface area (Å²) in [6.45, 7) is 9.84. The number of H-pyrrole nitrogens is 1. The lowest BCUT2D eigenvalue weighted by atomic mass is 10.0. The number of aryl methyl sites for hydroxylation is 1. The number of nitrogens with one attached hydrogen (secondary N) is 1. The molecule has 0 saturated carbocycles. The molecular weight excluding hydrogens is 382 g/mol. The standard InChI is InChI=1S/C23H29N3O4/c1-5-30-23(29)19-15(2)20(24-16(19)3)21(27)17(4)25-11-13-26(14-12-25)22(28)18-9-7-6-8-10-18/h6-10,17,24H,5,11-14H2,1-4H3/t17-/m1/s1. The van der Waals surface area contributed by atoms with E-state index in [0.29, 0.717) is 54.3 Å². The van der Waals surface area contributed by atoms with Gasteiger partial charge in [0.1, 0.15) is 0 Å². The number of amides is 1. The molecule has 1 fully saturated rings. The highest BCUT2D eigenvalue weighted by Gasteiger charge is 2.31. The van der Waals surface area contributed by atoms with Crippen molar-refractivity contribution in [3.05, 3.63) is 58.4 Å². The highest BCUT2D eigenvalue weighted by atomic mass is 16.5. The summed E-state index contributed by atoms with van der Waals surface area (Å²) in [5, 5.41) is 0. The van der Waals surface area contributed by atoms with E-state index in [1.165, 1.54) is 0 Å². The molecule has 2 aromatic rings. The van der Waals surface area contributed by atoms with Crippen LogP contribution in [0.25, 0.3) is 0 Å². The van der Waals surface area contributed by atoms with Crippen LogP contribution in [0.3, 0.4) is 0 Å². The van der Waals surface area contributed by atoms with Crippen LogP contribution in [0.2, 0.25) is 0 Å². The second-order valence-corrected chi connectivity index (χ2v) is 7.58. The minimum atomic E-state index is -0.413. The van der Waals surface area contributed by atoms with E-state index in [2.05, 4.69) is 9.88 Å². The molecule has 0 bridgehead atoms. The van der Waals surface area contributed by atoms with E-state index in [1.807, 2.05) is 42.2 Å². The summed E-state index contributed by atoms with van der Waals surface area (Å²) in [5.41, 5.74) is 2.83. The predicted octanol–water partition coefficient (Wildman–Crippen LogP) is 2.84. The summed E-state index contributed by atoms with van der Waals surface area (Å²) in [4.78, 5) is 45.0. The molecule has 1 saturated heterocycles. The SMILES string of the molecule is CCOC(=O)c1c(C)[nH]c(C(=O)[C@@H](C)N2CCN(C(=O)c3ccccc3)CC2)c1C. The van der Waals surface area contributed by atoms with Crippen LogP contribution in [-0.2, 0) is 4.74 Å². The third-order valence-corrected chi connectivity index (χ3v) is 5.71. The number of piperazine rings is 1. The lowest BCUT2D eigenvalue weighted by molar-refractivity contribution is 0.0523. The summed E-state index contributed by atoms with van der Waals surface area (Å²) in [6, 6.07) is 8.88. The topological polar surface area (TPSA) is 82.7 Å². The third-order valence-electron chi connectivity index (χ3n) is 5.71. The Balaban J connectivity index is 1.66. The number of benzene rings is 1. The lowest BCUT2D eigenvalue weighted by Gasteiger charge is -2.37. The van der Waals surface area contributed by atoms with Crippen LogP contribution in [0, 0.1) is 13.8 Å². The summed E-state index contributed by atoms with van der Waals surface area (Å²) < 4.78 is 5.11. The highest BCUT2D eigenvalue weighted by Crippen LogP contribution is 2.22. The molecule has 7 nitrogen and oxygen atoms in total. The number of esters is 1. The van der Waals surface area contributed by atoms with Gasteiger partial charge in [-0.15, -0.1) is 0 Å². The van der Waals surface area contributed by atoms with Crippen molar-refractivity contribution in [1.82, 2.24) is 14.8 Å². The molecule has 0 radical (unpaired) electrons. The van der Waals surface area contributed by atoms with Crippen LogP contribution in [-0.4, -0.2) is 71.3 Å². The van der Waals surface area contributed by atoms with Gasteiger partial charge in [-0.25, -0.2) is 4.79 Å². The van der Waals surface area contributed by atoms with Crippen molar-refractivity contribution in [2.75, 3.05) is 32.8 Å². The Kier molecular flexibility index (Phi) is 6.72. The van der Waals surface area contributed by atoms with Gasteiger partial charge in [0.25, 0.3) is 5.91 Å². The van der Waals surface area contributed by atoms with Crippen molar-refractivity contribution in [2.45, 2.75) is 33.7 Å². The number of ether oxygens (including phenoxy) is 1. The Bertz CT molecular complexity index is 927. The van der Waals surface area contributed by atoms with Crippen LogP contribution in [0.5, 0.6) is 0 Å². The maximum atomic E-state index is 13.1. The molecule has 1 N–H and O–H groups in total. The molecule has 1 atom stereocenters. The van der Waals surface area contributed by atoms with Crippen LogP contribution in [0.15, 0.2) is 30.3 Å². The van der Waals surface area contributed by atoms with Crippen molar-refractivity contribution in [3.63, 3.8) is 0 Å². The van der Waals surface area contributed by atoms with E-state index in [0.717, 1.165) is 0 Å². The zero-order valence-electron chi connectivity index (χ0n) is 18.0. The van der Waals surface area contributed by atoms with E-state index in [1.54, 1.807) is 20.8 Å². The molecule has 0 spiro atoms. The molecule has 1 aliphatic rings. The van der Waals surface area contributed by atoms with E-state index < -0.39 is 5.97 Å². The van der Waals surface area contributed by atoms with Crippen molar-refractivity contribution < 1.29 is 19.1 Å². The minimum absolute atomic E-state index is 0.0177. The zero-order valence-corrected chi connectivity index (χ0v) is 18.0. The summed E-state index contributed by atoms with van der Waals surface area (Å²) in [5.74, 6) is -0.457. The molecule has 7 heteroatoms. The van der Waals surface area contributed by atoms with Gasteiger partial charge in [0.15, 0.2) is 5.78 Å². The van der Waals surface area contributed by atoms with Crippen LogP contribution >= 0.6 is 0 Å². The summed E-state index contributed by atoms with van der Waals surface area (Å²) in [7, 11) is 0. The molecule has 1 amide bonds. The number of carbonyl (C=O) groups is 3. The van der Waals surface area contributed by atoms with Gasteiger partial charge >= 0.3 is 5.97 Å². The van der Waals surface area contributed by atoms with Gasteiger partial charge in [0.2, 0.25) is 0 Å². The summed E-state index contributed by atoms with van der Waals surface area (Å²) in [6.07, 6.45) is 0.